The molecule has 0 aliphatic heterocycles. The third kappa shape index (κ3) is 6.56. The topological polar surface area (TPSA) is 80.2 Å². The second-order valence-corrected chi connectivity index (χ2v) is 20.4. The zero-order valence-electron chi connectivity index (χ0n) is 43.0. The van der Waals surface area contributed by atoms with Gasteiger partial charge in [0.15, 0.2) is 0 Å². The smallest absolute Gasteiger partial charge is 0.101 e. The lowest BCUT2D eigenvalue weighted by Gasteiger charge is -2.26. The number of rotatable bonds is 7. The molecule has 7 nitrogen and oxygen atoms in total. The minimum absolute atomic E-state index is 0.289. The molecule has 0 aliphatic rings. The van der Waals surface area contributed by atoms with Crippen molar-refractivity contribution >= 4 is 87.2 Å². The summed E-state index contributed by atoms with van der Waals surface area (Å²) in [6, 6.07) is 96.8. The first-order chi connectivity index (χ1) is 39.6. The van der Waals surface area contributed by atoms with Crippen LogP contribution >= 0.6 is 0 Å². The fraction of sp³-hybridized carbons (Fsp3) is 0. The van der Waals surface area contributed by atoms with E-state index in [1.165, 1.54) is 21.5 Å². The lowest BCUT2D eigenvalue weighted by molar-refractivity contribution is 1.10. The van der Waals surface area contributed by atoms with Crippen LogP contribution in [0.15, 0.2) is 261 Å². The SMILES string of the molecule is N#Cc1ccc(-c2c(-n3c4ccccc4c4cc(-n5c6ccccc6c6ccccc65)ccc43)c(-c3ccccc3)nc(-c3ccccc3)c2-n2c3ccccc3c3cc(-n4c5ccccc5c5ccccc54)ccc32)cc1C#N. The van der Waals surface area contributed by atoms with Gasteiger partial charge in [0, 0.05) is 71.2 Å². The Morgan fingerprint density at radius 2 is 0.588 bits per heavy atom. The van der Waals surface area contributed by atoms with Crippen LogP contribution in [-0.2, 0) is 0 Å². The predicted octanol–water partition coefficient (Wildman–Crippen LogP) is 18.2. The highest BCUT2D eigenvalue weighted by Gasteiger charge is 2.31. The lowest BCUT2D eigenvalue weighted by Crippen LogP contribution is -2.10. The number of nitrogens with zero attached hydrogens (tertiary/aromatic N) is 7. The lowest BCUT2D eigenvalue weighted by atomic mass is 9.92. The molecule has 370 valence electrons. The maximum Gasteiger partial charge on any atom is 0.101 e. The van der Waals surface area contributed by atoms with Crippen LogP contribution in [0.5, 0.6) is 0 Å². The van der Waals surface area contributed by atoms with E-state index in [4.69, 9.17) is 4.98 Å². The third-order valence-electron chi connectivity index (χ3n) is 16.2. The van der Waals surface area contributed by atoms with Crippen molar-refractivity contribution in [1.29, 1.82) is 10.5 Å². The van der Waals surface area contributed by atoms with Gasteiger partial charge in [-0.2, -0.15) is 10.5 Å². The number of benzene rings is 11. The Balaban J connectivity index is 1.08. The number of fused-ring (bicyclic) bond motifs is 12. The molecule has 16 aromatic rings. The summed E-state index contributed by atoms with van der Waals surface area (Å²) >= 11 is 0. The molecule has 0 bridgehead atoms. The molecule has 11 aromatic carbocycles. The summed E-state index contributed by atoms with van der Waals surface area (Å²) in [5.74, 6) is 0. The number of hydrogen-bond acceptors (Lipinski definition) is 3. The fourth-order valence-electron chi connectivity index (χ4n) is 12.8. The highest BCUT2D eigenvalue weighted by Crippen LogP contribution is 2.49. The van der Waals surface area contributed by atoms with Crippen LogP contribution in [0.25, 0.3) is 144 Å². The molecule has 0 atom stereocenters. The molecule has 0 saturated heterocycles. The van der Waals surface area contributed by atoms with Crippen molar-refractivity contribution in [3.63, 3.8) is 0 Å². The monoisotopic (exact) mass is 1020 g/mol. The van der Waals surface area contributed by atoms with Gasteiger partial charge in [0.05, 0.1) is 78.0 Å². The molecule has 0 amide bonds. The van der Waals surface area contributed by atoms with E-state index in [1.807, 2.05) is 24.3 Å². The van der Waals surface area contributed by atoms with Gasteiger partial charge in [-0.3, -0.25) is 0 Å². The van der Waals surface area contributed by atoms with Gasteiger partial charge in [0.2, 0.25) is 0 Å². The molecule has 0 unspecified atom stereocenters. The van der Waals surface area contributed by atoms with Crippen molar-refractivity contribution < 1.29 is 0 Å². The Morgan fingerprint density at radius 3 is 0.963 bits per heavy atom. The van der Waals surface area contributed by atoms with Crippen molar-refractivity contribution in [2.45, 2.75) is 0 Å². The average molecular weight is 1020 g/mol. The van der Waals surface area contributed by atoms with E-state index in [0.717, 1.165) is 122 Å². The maximum absolute atomic E-state index is 10.9. The van der Waals surface area contributed by atoms with Crippen LogP contribution in [0.3, 0.4) is 0 Å². The van der Waals surface area contributed by atoms with Crippen LogP contribution in [0, 0.1) is 22.7 Å². The molecule has 0 spiro atoms. The predicted molar refractivity (Wildman–Crippen MR) is 327 cm³/mol. The van der Waals surface area contributed by atoms with Gasteiger partial charge in [-0.1, -0.05) is 176 Å². The minimum atomic E-state index is 0.289. The van der Waals surface area contributed by atoms with Crippen LogP contribution in [0.2, 0.25) is 0 Å². The molecule has 7 heteroatoms. The van der Waals surface area contributed by atoms with Gasteiger partial charge in [-0.25, -0.2) is 4.98 Å². The third-order valence-corrected chi connectivity index (χ3v) is 16.2. The first-order valence-electron chi connectivity index (χ1n) is 26.8. The summed E-state index contributed by atoms with van der Waals surface area (Å²) < 4.78 is 9.53. The zero-order valence-corrected chi connectivity index (χ0v) is 43.0. The standard InChI is InChI=1S/C73H43N7/c74-44-49-36-35-48(41-50(49)45-75)69-72(79-65-33-17-11-27-57(65)59-42-51(37-39-67(59)79)77-61-29-13-7-23-53(61)54-24-8-14-30-62(54)77)70(46-19-3-1-4-20-46)76-71(47-21-5-2-6-22-47)73(69)80-66-34-18-12-28-58(66)60-43-52(38-40-68(60)80)78-63-31-15-9-25-55(63)56-26-10-16-32-64(56)78/h1-43H. The highest BCUT2D eigenvalue weighted by molar-refractivity contribution is 6.16. The van der Waals surface area contributed by atoms with E-state index in [2.05, 4.69) is 261 Å². The molecule has 0 aliphatic carbocycles. The van der Waals surface area contributed by atoms with Gasteiger partial charge in [0.1, 0.15) is 12.1 Å². The van der Waals surface area contributed by atoms with Gasteiger partial charge < -0.3 is 18.3 Å². The van der Waals surface area contributed by atoms with Gasteiger partial charge >= 0.3 is 0 Å². The number of hydrogen-bond donors (Lipinski definition) is 0. The maximum atomic E-state index is 10.9. The first-order valence-corrected chi connectivity index (χ1v) is 26.8. The second kappa shape index (κ2) is 17.7. The number of para-hydroxylation sites is 6. The Morgan fingerprint density at radius 1 is 0.263 bits per heavy atom. The molecule has 16 rings (SSSR count). The molecule has 5 heterocycles. The van der Waals surface area contributed by atoms with E-state index in [1.54, 1.807) is 6.07 Å². The van der Waals surface area contributed by atoms with Crippen LogP contribution < -0.4 is 0 Å². The first kappa shape index (κ1) is 45.0. The molecule has 5 aromatic heterocycles. The van der Waals surface area contributed by atoms with E-state index in [0.29, 0.717) is 5.56 Å². The molecule has 80 heavy (non-hydrogen) atoms. The minimum Gasteiger partial charge on any atom is -0.309 e. The average Bonchev–Trinajstić information content (AvgIpc) is 4.27. The van der Waals surface area contributed by atoms with Crippen molar-refractivity contribution in [3.05, 3.63) is 272 Å². The van der Waals surface area contributed by atoms with Gasteiger partial charge in [-0.05, 0) is 90.5 Å². The van der Waals surface area contributed by atoms with Crippen molar-refractivity contribution in [2.75, 3.05) is 0 Å². The molecule has 0 fully saturated rings. The Kier molecular flexibility index (Phi) is 9.93. The summed E-state index contributed by atoms with van der Waals surface area (Å²) in [6.07, 6.45) is 0. The fourth-order valence-corrected chi connectivity index (χ4v) is 12.8. The van der Waals surface area contributed by atoms with Crippen LogP contribution in [0.1, 0.15) is 11.1 Å². The molecular weight excluding hydrogens is 975 g/mol. The van der Waals surface area contributed by atoms with Gasteiger partial charge in [-0.15, -0.1) is 0 Å². The van der Waals surface area contributed by atoms with Crippen molar-refractivity contribution in [3.8, 4) is 68.5 Å². The summed E-state index contributed by atoms with van der Waals surface area (Å²) in [6.45, 7) is 0. The molecule has 0 N–H and O–H groups in total. The number of pyridine rings is 1. The molecular formula is C73H43N7. The van der Waals surface area contributed by atoms with E-state index in [-0.39, 0.29) is 5.56 Å². The van der Waals surface area contributed by atoms with Crippen molar-refractivity contribution in [2.24, 2.45) is 0 Å². The van der Waals surface area contributed by atoms with E-state index in [9.17, 15) is 10.5 Å². The summed E-state index contributed by atoms with van der Waals surface area (Å²) in [5, 5.41) is 30.5. The van der Waals surface area contributed by atoms with Crippen molar-refractivity contribution in [1.82, 2.24) is 23.3 Å². The quantitative estimate of drug-likeness (QED) is 0.160. The summed E-state index contributed by atoms with van der Waals surface area (Å²) in [4.78, 5) is 6.00. The van der Waals surface area contributed by atoms with Crippen LogP contribution in [-0.4, -0.2) is 23.3 Å². The largest absolute Gasteiger partial charge is 0.309 e. The van der Waals surface area contributed by atoms with E-state index >= 15 is 0 Å². The number of nitriles is 2. The Hall–Kier alpha value is -11.3. The summed E-state index contributed by atoms with van der Waals surface area (Å²) in [5.41, 5.74) is 17.9. The zero-order chi connectivity index (χ0) is 53.0. The normalized spacial score (nSPS) is 11.7. The second-order valence-electron chi connectivity index (χ2n) is 20.4. The van der Waals surface area contributed by atoms with Crippen LogP contribution in [0.4, 0.5) is 0 Å². The molecule has 0 radical (unpaired) electrons. The molecule has 0 saturated carbocycles. The van der Waals surface area contributed by atoms with E-state index < -0.39 is 0 Å². The highest BCUT2D eigenvalue weighted by atomic mass is 15.1. The Bertz CT molecular complexity index is 4930. The summed E-state index contributed by atoms with van der Waals surface area (Å²) in [7, 11) is 0. The van der Waals surface area contributed by atoms with Gasteiger partial charge in [0.25, 0.3) is 0 Å². The Labute approximate surface area is 459 Å². The number of aromatic nitrogens is 5.